The van der Waals surface area contributed by atoms with Crippen LogP contribution in [0.2, 0.25) is 0 Å². The summed E-state index contributed by atoms with van der Waals surface area (Å²) in [5.41, 5.74) is 0. The van der Waals surface area contributed by atoms with Gasteiger partial charge in [-0.15, -0.1) is 0 Å². The minimum Gasteiger partial charge on any atom is -0.372 e. The molecule has 0 aromatic heterocycles. The van der Waals surface area contributed by atoms with Crippen LogP contribution in [0.4, 0.5) is 0 Å². The van der Waals surface area contributed by atoms with E-state index in [0.717, 1.165) is 32.1 Å². The molecule has 0 heterocycles. The largest absolute Gasteiger partial charge is 0.372 e. The van der Waals surface area contributed by atoms with Crippen molar-refractivity contribution >= 4 is 10.1 Å². The molecule has 0 aliphatic carbocycles. The molecule has 0 spiro atoms. The van der Waals surface area contributed by atoms with Crippen LogP contribution in [0.3, 0.4) is 0 Å². The third-order valence-electron chi connectivity index (χ3n) is 5.32. The zero-order valence-electron chi connectivity index (χ0n) is 17.3. The predicted octanol–water partition coefficient (Wildman–Crippen LogP) is 6.62. The lowest BCUT2D eigenvalue weighted by Gasteiger charge is -2.24. The molecule has 0 saturated carbocycles. The van der Waals surface area contributed by atoms with Crippen LogP contribution in [0, 0.1) is 0 Å². The van der Waals surface area contributed by atoms with Crippen molar-refractivity contribution in [3.8, 4) is 0 Å². The molecule has 0 fully saturated rings. The zero-order valence-corrected chi connectivity index (χ0v) is 18.2. The number of aliphatic hydroxyl groups is 1. The van der Waals surface area contributed by atoms with Crippen LogP contribution >= 0.6 is 0 Å². The van der Waals surface area contributed by atoms with Crippen LogP contribution in [0.1, 0.15) is 129 Å². The Bertz CT molecular complexity index is 408. The average Bonchev–Trinajstić information content (AvgIpc) is 2.58. The lowest BCUT2D eigenvalue weighted by atomic mass is 10.0. The van der Waals surface area contributed by atoms with Crippen LogP contribution in [0.5, 0.6) is 0 Å². The molecule has 5 heteroatoms. The smallest absolute Gasteiger partial charge is 0.294 e. The molecule has 4 nitrogen and oxygen atoms in total. The minimum atomic E-state index is -4.42. The normalized spacial score (nSPS) is 14.5. The third-order valence-corrected chi connectivity index (χ3v) is 6.69. The second-order valence-electron chi connectivity index (χ2n) is 7.87. The molecular weight excluding hydrogens is 348 g/mol. The summed E-state index contributed by atoms with van der Waals surface area (Å²) in [5, 5.41) is 10.4. The van der Waals surface area contributed by atoms with Crippen molar-refractivity contribution in [2.45, 2.75) is 134 Å². The number of unbranched alkanes of at least 4 members (excludes halogenated alkanes) is 14. The van der Waals surface area contributed by atoms with Crippen LogP contribution in [0.25, 0.3) is 0 Å². The molecule has 158 valence electrons. The fraction of sp³-hybridized carbons (Fsp3) is 1.00. The zero-order chi connectivity index (χ0) is 19.7. The maximum atomic E-state index is 11.6. The molecule has 0 aliphatic heterocycles. The van der Waals surface area contributed by atoms with Crippen molar-refractivity contribution < 1.29 is 18.1 Å². The number of hydrogen-bond donors (Lipinski definition) is 2. The highest BCUT2D eigenvalue weighted by Gasteiger charge is 2.39. The van der Waals surface area contributed by atoms with Gasteiger partial charge in [0.1, 0.15) is 0 Å². The second kappa shape index (κ2) is 15.9. The topological polar surface area (TPSA) is 74.6 Å². The Hall–Kier alpha value is -0.130. The van der Waals surface area contributed by atoms with Gasteiger partial charge in [-0.25, -0.2) is 0 Å². The van der Waals surface area contributed by atoms with Gasteiger partial charge in [0, 0.05) is 0 Å². The van der Waals surface area contributed by atoms with Gasteiger partial charge in [0.15, 0.2) is 4.93 Å². The van der Waals surface area contributed by atoms with Gasteiger partial charge in [0.25, 0.3) is 10.1 Å². The first kappa shape index (κ1) is 25.9. The van der Waals surface area contributed by atoms with Crippen molar-refractivity contribution in [2.24, 2.45) is 0 Å². The third kappa shape index (κ3) is 13.1. The monoisotopic (exact) mass is 392 g/mol. The fourth-order valence-corrected chi connectivity index (χ4v) is 4.26. The van der Waals surface area contributed by atoms with E-state index in [1.807, 2.05) is 0 Å². The first-order valence-electron chi connectivity index (χ1n) is 11.1. The Balaban J connectivity index is 3.90. The van der Waals surface area contributed by atoms with Gasteiger partial charge in [-0.3, -0.25) is 4.55 Å². The van der Waals surface area contributed by atoms with E-state index in [-0.39, 0.29) is 12.8 Å². The van der Waals surface area contributed by atoms with Gasteiger partial charge in [0.2, 0.25) is 0 Å². The second-order valence-corrected chi connectivity index (χ2v) is 9.58. The van der Waals surface area contributed by atoms with E-state index in [4.69, 9.17) is 0 Å². The summed E-state index contributed by atoms with van der Waals surface area (Å²) in [7, 11) is -4.42. The predicted molar refractivity (Wildman–Crippen MR) is 111 cm³/mol. The van der Waals surface area contributed by atoms with E-state index in [1.54, 1.807) is 0 Å². The van der Waals surface area contributed by atoms with E-state index in [2.05, 4.69) is 13.8 Å². The molecule has 0 radical (unpaired) electrons. The van der Waals surface area contributed by atoms with Crippen LogP contribution in [0.15, 0.2) is 0 Å². The van der Waals surface area contributed by atoms with Crippen molar-refractivity contribution in [3.05, 3.63) is 0 Å². The van der Waals surface area contributed by atoms with Gasteiger partial charge in [-0.05, 0) is 25.7 Å². The first-order valence-corrected chi connectivity index (χ1v) is 12.5. The first-order chi connectivity index (χ1) is 12.4. The molecule has 0 saturated heterocycles. The van der Waals surface area contributed by atoms with Crippen molar-refractivity contribution in [2.75, 3.05) is 0 Å². The van der Waals surface area contributed by atoms with E-state index in [9.17, 15) is 18.1 Å². The summed E-state index contributed by atoms with van der Waals surface area (Å²) in [5.74, 6) is 0. The lowest BCUT2D eigenvalue weighted by molar-refractivity contribution is 0.0884. The Morgan fingerprint density at radius 1 is 0.577 bits per heavy atom. The highest BCUT2D eigenvalue weighted by Crippen LogP contribution is 2.28. The summed E-state index contributed by atoms with van der Waals surface area (Å²) in [4.78, 5) is -1.95. The summed E-state index contributed by atoms with van der Waals surface area (Å²) >= 11 is 0. The van der Waals surface area contributed by atoms with Crippen molar-refractivity contribution in [1.29, 1.82) is 0 Å². The summed E-state index contributed by atoms with van der Waals surface area (Å²) < 4.78 is 32.7. The van der Waals surface area contributed by atoms with E-state index in [1.165, 1.54) is 57.8 Å². The standard InChI is InChI=1S/C21H44O4S/c1-3-5-7-9-11-12-13-14-16-18-20-21(22,26(23,24)25)19-17-15-10-8-6-4-2/h22H,3-20H2,1-2H3,(H,23,24,25). The SMILES string of the molecule is CCCCCCCCCCCCC(O)(CCCCCCCC)S(=O)(=O)O. The highest BCUT2D eigenvalue weighted by molar-refractivity contribution is 7.87. The Morgan fingerprint density at radius 2 is 0.846 bits per heavy atom. The molecule has 26 heavy (non-hydrogen) atoms. The fourth-order valence-electron chi connectivity index (χ4n) is 3.45. The van der Waals surface area contributed by atoms with Crippen molar-refractivity contribution in [3.63, 3.8) is 0 Å². The molecule has 2 N–H and O–H groups in total. The Morgan fingerprint density at radius 3 is 1.12 bits per heavy atom. The molecule has 1 unspecified atom stereocenters. The molecular formula is C21H44O4S. The molecule has 0 bridgehead atoms. The molecule has 0 aromatic rings. The van der Waals surface area contributed by atoms with Crippen molar-refractivity contribution in [1.82, 2.24) is 0 Å². The quantitative estimate of drug-likeness (QED) is 0.191. The van der Waals surface area contributed by atoms with E-state index in [0.29, 0.717) is 12.8 Å². The summed E-state index contributed by atoms with van der Waals surface area (Å²) in [6.07, 6.45) is 18.0. The van der Waals surface area contributed by atoms with Gasteiger partial charge >= 0.3 is 0 Å². The van der Waals surface area contributed by atoms with E-state index >= 15 is 0 Å². The molecule has 0 aliphatic rings. The van der Waals surface area contributed by atoms with Crippen LogP contribution < -0.4 is 0 Å². The molecule has 0 aromatic carbocycles. The van der Waals surface area contributed by atoms with Crippen LogP contribution in [-0.2, 0) is 10.1 Å². The average molecular weight is 393 g/mol. The molecule has 0 amide bonds. The highest BCUT2D eigenvalue weighted by atomic mass is 32.2. The minimum absolute atomic E-state index is 0.148. The molecule has 0 rings (SSSR count). The number of hydrogen-bond acceptors (Lipinski definition) is 3. The lowest BCUT2D eigenvalue weighted by Crippen LogP contribution is -2.38. The van der Waals surface area contributed by atoms with E-state index < -0.39 is 15.1 Å². The summed E-state index contributed by atoms with van der Waals surface area (Å²) in [6.45, 7) is 4.38. The molecule has 1 atom stereocenters. The maximum absolute atomic E-state index is 11.6. The van der Waals surface area contributed by atoms with Gasteiger partial charge in [-0.1, -0.05) is 104 Å². The van der Waals surface area contributed by atoms with Gasteiger partial charge in [0.05, 0.1) is 0 Å². The van der Waals surface area contributed by atoms with Gasteiger partial charge < -0.3 is 5.11 Å². The maximum Gasteiger partial charge on any atom is 0.294 e. The summed E-state index contributed by atoms with van der Waals surface area (Å²) in [6, 6.07) is 0. The van der Waals surface area contributed by atoms with Crippen LogP contribution in [-0.4, -0.2) is 23.0 Å². The van der Waals surface area contributed by atoms with Gasteiger partial charge in [-0.2, -0.15) is 8.42 Å². The Kier molecular flexibility index (Phi) is 15.8. The Labute approximate surface area is 162 Å². The number of rotatable bonds is 19.